The van der Waals surface area contributed by atoms with E-state index in [4.69, 9.17) is 4.99 Å². The summed E-state index contributed by atoms with van der Waals surface area (Å²) in [5, 5.41) is 17.5. The second-order valence-corrected chi connectivity index (χ2v) is 8.96. The molecule has 1 aromatic heterocycles. The van der Waals surface area contributed by atoms with Gasteiger partial charge >= 0.3 is 0 Å². The van der Waals surface area contributed by atoms with E-state index in [0.717, 1.165) is 51.4 Å². The van der Waals surface area contributed by atoms with E-state index < -0.39 is 0 Å². The Morgan fingerprint density at radius 3 is 2.59 bits per heavy atom. The monoisotopic (exact) mass is 575 g/mol. The first kappa shape index (κ1) is 26.3. The smallest absolute Gasteiger partial charge is 0.191 e. The fraction of sp³-hybridized carbons (Fsp3) is 0.444. The maximum absolute atomic E-state index is 9.34. The highest BCUT2D eigenvalue weighted by Crippen LogP contribution is 2.24. The summed E-state index contributed by atoms with van der Waals surface area (Å²) in [6.07, 6.45) is 5.20. The number of nitrogens with one attached hydrogen (secondary N) is 3. The topological polar surface area (TPSA) is 75.7 Å². The highest BCUT2D eigenvalue weighted by atomic mass is 127. The molecule has 184 valence electrons. The zero-order chi connectivity index (χ0) is 23.0. The molecule has 0 saturated carbocycles. The fourth-order valence-electron chi connectivity index (χ4n) is 4.58. The molecular formula is C27H38IN5O. The minimum Gasteiger partial charge on any atom is -0.396 e. The molecule has 7 heteroatoms. The summed E-state index contributed by atoms with van der Waals surface area (Å²) in [6, 6.07) is 15.2. The lowest BCUT2D eigenvalue weighted by Crippen LogP contribution is -2.38. The molecule has 1 aliphatic heterocycles. The molecule has 4 N–H and O–H groups in total. The molecule has 2 aromatic carbocycles. The van der Waals surface area contributed by atoms with Crippen molar-refractivity contribution in [1.82, 2.24) is 15.6 Å². The predicted molar refractivity (Wildman–Crippen MR) is 153 cm³/mol. The van der Waals surface area contributed by atoms with Crippen LogP contribution in [0.4, 0.5) is 5.69 Å². The lowest BCUT2D eigenvalue weighted by Gasteiger charge is -2.32. The minimum absolute atomic E-state index is 0. The van der Waals surface area contributed by atoms with Crippen LogP contribution >= 0.6 is 24.0 Å². The Hall–Kier alpha value is -2.26. The van der Waals surface area contributed by atoms with Gasteiger partial charge in [-0.3, -0.25) is 0 Å². The van der Waals surface area contributed by atoms with Gasteiger partial charge in [-0.25, -0.2) is 4.99 Å². The molecule has 0 bridgehead atoms. The molecule has 1 aliphatic rings. The molecule has 6 nitrogen and oxygen atoms in total. The summed E-state index contributed by atoms with van der Waals surface area (Å²) in [5.74, 6) is 1.32. The lowest BCUT2D eigenvalue weighted by molar-refractivity contribution is 0.203. The van der Waals surface area contributed by atoms with Crippen molar-refractivity contribution < 1.29 is 5.11 Å². The first-order valence-corrected chi connectivity index (χ1v) is 12.2. The summed E-state index contributed by atoms with van der Waals surface area (Å²) in [4.78, 5) is 10.6. The number of aliphatic imine (C=N–C) groups is 1. The van der Waals surface area contributed by atoms with Gasteiger partial charge in [0.15, 0.2) is 5.96 Å². The number of aliphatic hydroxyl groups is 1. The van der Waals surface area contributed by atoms with Crippen molar-refractivity contribution in [2.24, 2.45) is 10.9 Å². The second-order valence-electron chi connectivity index (χ2n) is 8.96. The van der Waals surface area contributed by atoms with E-state index in [1.807, 2.05) is 0 Å². The lowest BCUT2D eigenvalue weighted by atomic mass is 9.97. The Kier molecular flexibility index (Phi) is 10.1. The van der Waals surface area contributed by atoms with Crippen molar-refractivity contribution >= 4 is 46.5 Å². The average molecular weight is 576 g/mol. The van der Waals surface area contributed by atoms with E-state index in [9.17, 15) is 5.11 Å². The number of hydrogen-bond acceptors (Lipinski definition) is 3. The number of rotatable bonds is 8. The van der Waals surface area contributed by atoms with E-state index in [2.05, 4.69) is 83.0 Å². The summed E-state index contributed by atoms with van der Waals surface area (Å²) < 4.78 is 0. The van der Waals surface area contributed by atoms with Crippen LogP contribution in [0.1, 0.15) is 36.5 Å². The van der Waals surface area contributed by atoms with E-state index in [0.29, 0.717) is 19.1 Å². The van der Waals surface area contributed by atoms with Crippen LogP contribution in [0.5, 0.6) is 0 Å². The first-order chi connectivity index (χ1) is 16.2. The van der Waals surface area contributed by atoms with Gasteiger partial charge in [0.05, 0.1) is 6.54 Å². The van der Waals surface area contributed by atoms with Crippen molar-refractivity contribution in [3.63, 3.8) is 0 Å². The minimum atomic E-state index is 0. The Balaban J connectivity index is 0.00000324. The Labute approximate surface area is 220 Å². The van der Waals surface area contributed by atoms with E-state index in [1.54, 1.807) is 0 Å². The van der Waals surface area contributed by atoms with Gasteiger partial charge < -0.3 is 25.6 Å². The third-order valence-electron chi connectivity index (χ3n) is 6.63. The van der Waals surface area contributed by atoms with Crippen LogP contribution in [0, 0.1) is 12.8 Å². The zero-order valence-electron chi connectivity index (χ0n) is 20.3. The third kappa shape index (κ3) is 6.66. The van der Waals surface area contributed by atoms with Gasteiger partial charge in [-0.05, 0) is 67.9 Å². The first-order valence-electron chi connectivity index (χ1n) is 12.2. The van der Waals surface area contributed by atoms with Crippen molar-refractivity contribution in [2.45, 2.75) is 39.7 Å². The number of para-hydroxylation sites is 1. The van der Waals surface area contributed by atoms with Crippen molar-refractivity contribution in [3.8, 4) is 0 Å². The maximum atomic E-state index is 9.34. The molecule has 0 amide bonds. The van der Waals surface area contributed by atoms with Crippen LogP contribution in [-0.4, -0.2) is 48.8 Å². The maximum Gasteiger partial charge on any atom is 0.191 e. The second kappa shape index (κ2) is 13.0. The van der Waals surface area contributed by atoms with Crippen molar-refractivity contribution in [3.05, 3.63) is 65.4 Å². The molecule has 1 fully saturated rings. The number of piperidine rings is 1. The van der Waals surface area contributed by atoms with Gasteiger partial charge in [-0.1, -0.05) is 30.3 Å². The van der Waals surface area contributed by atoms with Crippen LogP contribution in [0.25, 0.3) is 10.9 Å². The highest BCUT2D eigenvalue weighted by Gasteiger charge is 2.18. The number of aryl methyl sites for hydroxylation is 1. The molecule has 0 atom stereocenters. The van der Waals surface area contributed by atoms with Crippen LogP contribution < -0.4 is 15.5 Å². The third-order valence-corrected chi connectivity index (χ3v) is 6.63. The molecule has 4 rings (SSSR count). The number of halogens is 1. The summed E-state index contributed by atoms with van der Waals surface area (Å²) in [5.41, 5.74) is 6.30. The number of anilines is 1. The quantitative estimate of drug-likeness (QED) is 0.180. The number of fused-ring (bicyclic) bond motifs is 1. The summed E-state index contributed by atoms with van der Waals surface area (Å²) in [7, 11) is 0. The van der Waals surface area contributed by atoms with Gasteiger partial charge in [-0.2, -0.15) is 0 Å². The number of aromatic nitrogens is 1. The largest absolute Gasteiger partial charge is 0.396 e. The molecule has 34 heavy (non-hydrogen) atoms. The number of hydrogen-bond donors (Lipinski definition) is 4. The molecule has 2 heterocycles. The van der Waals surface area contributed by atoms with Crippen LogP contribution in [-0.2, 0) is 13.0 Å². The van der Waals surface area contributed by atoms with Gasteiger partial charge in [0, 0.05) is 55.6 Å². The summed E-state index contributed by atoms with van der Waals surface area (Å²) >= 11 is 0. The van der Waals surface area contributed by atoms with Crippen molar-refractivity contribution in [1.29, 1.82) is 0 Å². The molecule has 0 unspecified atom stereocenters. The fourth-order valence-corrected chi connectivity index (χ4v) is 4.58. The standard InChI is InChI=1S/C27H37N5O.HI/c1-3-28-27(29-14-11-23-18-30-26-20(2)5-4-6-25(23)26)31-17-21-7-9-24(10-8-21)32-15-12-22(19-33)13-16-32;/h4-10,18,22,30,33H,3,11-17,19H2,1-2H3,(H2,28,29,31);1H. The Bertz CT molecular complexity index is 1050. The molecule has 0 spiro atoms. The van der Waals surface area contributed by atoms with Gasteiger partial charge in [0.2, 0.25) is 0 Å². The summed E-state index contributed by atoms with van der Waals surface area (Å²) in [6.45, 7) is 8.90. The van der Waals surface area contributed by atoms with E-state index >= 15 is 0 Å². The van der Waals surface area contributed by atoms with Gasteiger partial charge in [0.25, 0.3) is 0 Å². The van der Waals surface area contributed by atoms with E-state index in [1.165, 1.54) is 33.3 Å². The van der Waals surface area contributed by atoms with Gasteiger partial charge in [-0.15, -0.1) is 24.0 Å². The van der Waals surface area contributed by atoms with Crippen LogP contribution in [0.3, 0.4) is 0 Å². The molecule has 0 aliphatic carbocycles. The highest BCUT2D eigenvalue weighted by molar-refractivity contribution is 14.0. The molecular weight excluding hydrogens is 537 g/mol. The van der Waals surface area contributed by atoms with Crippen LogP contribution in [0.15, 0.2) is 53.7 Å². The molecule has 1 saturated heterocycles. The number of nitrogens with zero attached hydrogens (tertiary/aromatic N) is 2. The SMILES string of the molecule is CCNC(=NCc1ccc(N2CCC(CO)CC2)cc1)NCCc1c[nH]c2c(C)cccc12.I. The molecule has 3 aromatic rings. The number of aromatic amines is 1. The number of benzene rings is 2. The molecule has 0 radical (unpaired) electrons. The van der Waals surface area contributed by atoms with Gasteiger partial charge in [0.1, 0.15) is 0 Å². The van der Waals surface area contributed by atoms with Crippen LogP contribution in [0.2, 0.25) is 0 Å². The normalized spacial score (nSPS) is 14.8. The predicted octanol–water partition coefficient (Wildman–Crippen LogP) is 4.60. The van der Waals surface area contributed by atoms with E-state index in [-0.39, 0.29) is 24.0 Å². The Morgan fingerprint density at radius 2 is 1.88 bits per heavy atom. The number of H-pyrrole nitrogens is 1. The van der Waals surface area contributed by atoms with Crippen molar-refractivity contribution in [2.75, 3.05) is 37.7 Å². The Morgan fingerprint density at radius 1 is 1.12 bits per heavy atom. The number of guanidine groups is 1. The average Bonchev–Trinajstić information content (AvgIpc) is 3.27. The zero-order valence-corrected chi connectivity index (χ0v) is 22.6. The number of aliphatic hydroxyl groups excluding tert-OH is 1.